The molecule has 0 spiro atoms. The zero-order chi connectivity index (χ0) is 11.8. The molecule has 1 aromatic carbocycles. The van der Waals surface area contributed by atoms with Crippen LogP contribution in [0.4, 0.5) is 13.2 Å². The summed E-state index contributed by atoms with van der Waals surface area (Å²) < 4.78 is 40.4. The molecule has 2 rings (SSSR count). The standard InChI is InChI=1S/C9H5F3N2O2/c10-9(11,12)14-8(15)16-7(13-14)6-4-2-1-3-5-6/h1-5H. The minimum Gasteiger partial charge on any atom is -0.387 e. The molecule has 0 radical (unpaired) electrons. The van der Waals surface area contributed by atoms with Crippen molar-refractivity contribution in [1.29, 1.82) is 0 Å². The van der Waals surface area contributed by atoms with Gasteiger partial charge in [0.05, 0.1) is 0 Å². The van der Waals surface area contributed by atoms with Gasteiger partial charge in [0.1, 0.15) is 0 Å². The SMILES string of the molecule is O=c1oc(-c2ccccc2)nn1C(F)(F)F. The molecule has 0 N–H and O–H groups in total. The number of rotatable bonds is 1. The summed E-state index contributed by atoms with van der Waals surface area (Å²) in [5.74, 6) is -1.91. The smallest absolute Gasteiger partial charge is 0.387 e. The number of benzene rings is 1. The summed E-state index contributed by atoms with van der Waals surface area (Å²) in [5, 5.41) is 3.06. The molecule has 0 saturated carbocycles. The lowest BCUT2D eigenvalue weighted by molar-refractivity contribution is -0.215. The highest BCUT2D eigenvalue weighted by molar-refractivity contribution is 5.51. The van der Waals surface area contributed by atoms with E-state index in [-0.39, 0.29) is 5.89 Å². The Morgan fingerprint density at radius 2 is 1.81 bits per heavy atom. The molecule has 16 heavy (non-hydrogen) atoms. The van der Waals surface area contributed by atoms with Crippen LogP contribution in [0, 0.1) is 0 Å². The number of alkyl halides is 3. The van der Waals surface area contributed by atoms with E-state index in [9.17, 15) is 18.0 Å². The second kappa shape index (κ2) is 3.51. The van der Waals surface area contributed by atoms with Crippen LogP contribution in [0.2, 0.25) is 0 Å². The topological polar surface area (TPSA) is 48.0 Å². The van der Waals surface area contributed by atoms with Crippen molar-refractivity contribution in [3.05, 3.63) is 40.9 Å². The van der Waals surface area contributed by atoms with Crippen molar-refractivity contribution >= 4 is 0 Å². The van der Waals surface area contributed by atoms with Crippen LogP contribution >= 0.6 is 0 Å². The average Bonchev–Trinajstić information content (AvgIpc) is 2.61. The summed E-state index contributed by atoms with van der Waals surface area (Å²) in [6, 6.07) is 7.87. The third-order valence-electron chi connectivity index (χ3n) is 1.81. The predicted molar refractivity (Wildman–Crippen MR) is 47.5 cm³/mol. The fraction of sp³-hybridized carbons (Fsp3) is 0.111. The van der Waals surface area contributed by atoms with Crippen LogP contribution in [-0.4, -0.2) is 9.78 Å². The highest BCUT2D eigenvalue weighted by Crippen LogP contribution is 2.21. The molecule has 0 unspecified atom stereocenters. The molecule has 84 valence electrons. The van der Waals surface area contributed by atoms with Crippen LogP contribution in [0.5, 0.6) is 0 Å². The zero-order valence-corrected chi connectivity index (χ0v) is 7.73. The maximum atomic E-state index is 12.2. The van der Waals surface area contributed by atoms with E-state index in [1.54, 1.807) is 18.2 Å². The number of nitrogens with zero attached hydrogens (tertiary/aromatic N) is 2. The molecule has 1 aromatic heterocycles. The summed E-state index contributed by atoms with van der Waals surface area (Å²) >= 11 is 0. The van der Waals surface area contributed by atoms with Gasteiger partial charge in [-0.05, 0) is 12.1 Å². The van der Waals surface area contributed by atoms with E-state index in [4.69, 9.17) is 0 Å². The van der Waals surface area contributed by atoms with Gasteiger partial charge in [-0.3, -0.25) is 0 Å². The molecule has 0 saturated heterocycles. The first kappa shape index (κ1) is 10.5. The van der Waals surface area contributed by atoms with Gasteiger partial charge in [-0.1, -0.05) is 22.9 Å². The molecule has 7 heteroatoms. The Hall–Kier alpha value is -2.05. The number of hydrogen-bond donors (Lipinski definition) is 0. The van der Waals surface area contributed by atoms with Gasteiger partial charge in [-0.2, -0.15) is 0 Å². The van der Waals surface area contributed by atoms with Gasteiger partial charge in [-0.25, -0.2) is 4.79 Å². The fourth-order valence-corrected chi connectivity index (χ4v) is 1.14. The van der Waals surface area contributed by atoms with Gasteiger partial charge in [0.15, 0.2) is 0 Å². The lowest BCUT2D eigenvalue weighted by Gasteiger charge is -2.00. The maximum absolute atomic E-state index is 12.2. The molecule has 0 atom stereocenters. The van der Waals surface area contributed by atoms with Gasteiger partial charge >= 0.3 is 12.1 Å². The molecule has 0 aliphatic rings. The van der Waals surface area contributed by atoms with Crippen molar-refractivity contribution in [2.75, 3.05) is 0 Å². The highest BCUT2D eigenvalue weighted by Gasteiger charge is 2.36. The van der Waals surface area contributed by atoms with Crippen LogP contribution < -0.4 is 5.76 Å². The van der Waals surface area contributed by atoms with Crippen molar-refractivity contribution in [3.8, 4) is 11.5 Å². The van der Waals surface area contributed by atoms with Crippen molar-refractivity contribution < 1.29 is 17.6 Å². The Morgan fingerprint density at radius 1 is 1.19 bits per heavy atom. The Bertz CT molecular complexity index is 542. The number of hydrogen-bond acceptors (Lipinski definition) is 3. The first-order valence-electron chi connectivity index (χ1n) is 4.21. The second-order valence-corrected chi connectivity index (χ2v) is 2.92. The van der Waals surface area contributed by atoms with Gasteiger partial charge < -0.3 is 4.42 Å². The third kappa shape index (κ3) is 1.83. The highest BCUT2D eigenvalue weighted by atomic mass is 19.4. The van der Waals surface area contributed by atoms with Crippen LogP contribution in [0.25, 0.3) is 11.5 Å². The number of aromatic nitrogens is 2. The Labute approximate surface area is 86.9 Å². The quantitative estimate of drug-likeness (QED) is 0.752. The van der Waals surface area contributed by atoms with Crippen LogP contribution in [0.3, 0.4) is 0 Å². The lowest BCUT2D eigenvalue weighted by atomic mass is 10.2. The Kier molecular flexibility index (Phi) is 2.30. The van der Waals surface area contributed by atoms with Crippen molar-refractivity contribution in [2.24, 2.45) is 0 Å². The minimum absolute atomic E-state index is 0.308. The van der Waals surface area contributed by atoms with Crippen LogP contribution in [-0.2, 0) is 6.30 Å². The van der Waals surface area contributed by atoms with Crippen LogP contribution in [0.15, 0.2) is 39.5 Å². The number of halogens is 3. The van der Waals surface area contributed by atoms with Gasteiger partial charge in [0.2, 0.25) is 5.89 Å². The molecular formula is C9H5F3N2O2. The molecule has 1 heterocycles. The molecule has 2 aromatic rings. The van der Waals surface area contributed by atoms with Gasteiger partial charge in [0, 0.05) is 5.56 Å². The van der Waals surface area contributed by atoms with E-state index >= 15 is 0 Å². The monoisotopic (exact) mass is 230 g/mol. The van der Waals surface area contributed by atoms with E-state index < -0.39 is 16.7 Å². The van der Waals surface area contributed by atoms with E-state index in [1.807, 2.05) is 0 Å². The molecule has 0 fully saturated rings. The summed E-state index contributed by atoms with van der Waals surface area (Å²) in [6.07, 6.45) is -4.87. The van der Waals surface area contributed by atoms with E-state index in [0.717, 1.165) is 0 Å². The zero-order valence-electron chi connectivity index (χ0n) is 7.73. The van der Waals surface area contributed by atoms with E-state index in [0.29, 0.717) is 5.56 Å². The summed E-state index contributed by atoms with van der Waals surface area (Å²) in [5.41, 5.74) is 0.308. The maximum Gasteiger partial charge on any atom is 0.510 e. The van der Waals surface area contributed by atoms with E-state index in [2.05, 4.69) is 9.52 Å². The average molecular weight is 230 g/mol. The molecule has 0 amide bonds. The second-order valence-electron chi connectivity index (χ2n) is 2.92. The minimum atomic E-state index is -4.87. The first-order valence-corrected chi connectivity index (χ1v) is 4.21. The fourth-order valence-electron chi connectivity index (χ4n) is 1.14. The molecule has 0 bridgehead atoms. The van der Waals surface area contributed by atoms with Crippen molar-refractivity contribution in [3.63, 3.8) is 0 Å². The van der Waals surface area contributed by atoms with Crippen molar-refractivity contribution in [2.45, 2.75) is 6.30 Å². The van der Waals surface area contributed by atoms with Crippen molar-refractivity contribution in [1.82, 2.24) is 9.78 Å². The molecule has 0 aliphatic heterocycles. The molecular weight excluding hydrogens is 225 g/mol. The predicted octanol–water partition coefficient (Wildman–Crippen LogP) is 1.98. The first-order chi connectivity index (χ1) is 7.48. The van der Waals surface area contributed by atoms with Crippen LogP contribution in [0.1, 0.15) is 0 Å². The third-order valence-corrected chi connectivity index (χ3v) is 1.81. The molecule has 4 nitrogen and oxygen atoms in total. The normalized spacial score (nSPS) is 11.7. The molecule has 0 aliphatic carbocycles. The lowest BCUT2D eigenvalue weighted by Crippen LogP contribution is -2.28. The largest absolute Gasteiger partial charge is 0.510 e. The summed E-state index contributed by atoms with van der Waals surface area (Å²) in [6.45, 7) is 0. The Balaban J connectivity index is 2.51. The summed E-state index contributed by atoms with van der Waals surface area (Å²) in [7, 11) is 0. The summed E-state index contributed by atoms with van der Waals surface area (Å²) in [4.78, 5) is 10.9. The van der Waals surface area contributed by atoms with E-state index in [1.165, 1.54) is 12.1 Å². The van der Waals surface area contributed by atoms with Gasteiger partial charge in [-0.15, -0.1) is 18.3 Å². The Morgan fingerprint density at radius 3 is 2.31 bits per heavy atom. The van der Waals surface area contributed by atoms with Gasteiger partial charge in [0.25, 0.3) is 0 Å².